The molecule has 1 heterocycles. The molecule has 0 amide bonds. The summed E-state index contributed by atoms with van der Waals surface area (Å²) in [7, 11) is 0. The van der Waals surface area contributed by atoms with Crippen LogP contribution in [0.1, 0.15) is 32.3 Å². The van der Waals surface area contributed by atoms with Crippen LogP contribution >= 0.6 is 0 Å². The molecule has 0 radical (unpaired) electrons. The molecule has 1 aromatic heterocycles. The molecule has 1 N–H and O–H groups in total. The minimum Gasteiger partial charge on any atom is -0.311 e. The Balaban J connectivity index is 2.13. The van der Waals surface area contributed by atoms with Crippen LogP contribution < -0.4 is 5.32 Å². The van der Waals surface area contributed by atoms with Crippen molar-refractivity contribution in [1.29, 1.82) is 0 Å². The number of nitrogens with one attached hydrogen (secondary N) is 1. The highest BCUT2D eigenvalue weighted by molar-refractivity contribution is 5.07. The second kappa shape index (κ2) is 9.14. The first-order chi connectivity index (χ1) is 8.36. The fourth-order valence-corrected chi connectivity index (χ4v) is 1.94. The molecule has 0 saturated carbocycles. The summed E-state index contributed by atoms with van der Waals surface area (Å²) >= 11 is 0. The molecule has 0 fully saturated rings. The average molecular weight is 235 g/mol. The van der Waals surface area contributed by atoms with Crippen LogP contribution in [0.15, 0.2) is 24.5 Å². The van der Waals surface area contributed by atoms with Gasteiger partial charge in [-0.3, -0.25) is 4.98 Å². The Labute approximate surface area is 105 Å². The maximum atomic E-state index is 4.11. The summed E-state index contributed by atoms with van der Waals surface area (Å²) in [6.07, 6.45) is 6.21. The van der Waals surface area contributed by atoms with Gasteiger partial charge in [-0.25, -0.2) is 0 Å². The molecule has 0 saturated heterocycles. The lowest BCUT2D eigenvalue weighted by molar-refractivity contribution is 0.274. The van der Waals surface area contributed by atoms with Crippen LogP contribution in [0.2, 0.25) is 0 Å². The van der Waals surface area contributed by atoms with E-state index in [1.54, 1.807) is 0 Å². The van der Waals surface area contributed by atoms with Crippen molar-refractivity contribution in [2.24, 2.45) is 0 Å². The molecule has 0 aromatic carbocycles. The highest BCUT2D eigenvalue weighted by atomic mass is 15.1. The lowest BCUT2D eigenvalue weighted by Crippen LogP contribution is -2.33. The van der Waals surface area contributed by atoms with Gasteiger partial charge in [-0.2, -0.15) is 0 Å². The quantitative estimate of drug-likeness (QED) is 0.666. The summed E-state index contributed by atoms with van der Waals surface area (Å²) in [5.74, 6) is 0. The van der Waals surface area contributed by atoms with Crippen LogP contribution in [0, 0.1) is 0 Å². The Morgan fingerprint density at radius 2 is 1.94 bits per heavy atom. The largest absolute Gasteiger partial charge is 0.311 e. The van der Waals surface area contributed by atoms with E-state index < -0.39 is 0 Å². The summed E-state index contributed by atoms with van der Waals surface area (Å²) < 4.78 is 0. The van der Waals surface area contributed by atoms with E-state index in [0.29, 0.717) is 0 Å². The number of rotatable bonds is 9. The van der Waals surface area contributed by atoms with Gasteiger partial charge in [0.2, 0.25) is 0 Å². The zero-order valence-corrected chi connectivity index (χ0v) is 11.2. The third kappa shape index (κ3) is 6.39. The van der Waals surface area contributed by atoms with Gasteiger partial charge in [-0.1, -0.05) is 19.9 Å². The Morgan fingerprint density at radius 1 is 1.18 bits per heavy atom. The average Bonchev–Trinajstić information content (AvgIpc) is 2.36. The molecule has 0 unspecified atom stereocenters. The van der Waals surface area contributed by atoms with Gasteiger partial charge in [0.1, 0.15) is 0 Å². The third-order valence-corrected chi connectivity index (χ3v) is 2.74. The normalized spacial score (nSPS) is 11.0. The van der Waals surface area contributed by atoms with Crippen molar-refractivity contribution in [3.8, 4) is 0 Å². The van der Waals surface area contributed by atoms with Crippen molar-refractivity contribution in [2.45, 2.75) is 33.2 Å². The summed E-state index contributed by atoms with van der Waals surface area (Å²) in [5, 5.41) is 3.47. The van der Waals surface area contributed by atoms with Gasteiger partial charge in [0.05, 0.1) is 0 Å². The van der Waals surface area contributed by atoms with E-state index in [2.05, 4.69) is 35.1 Å². The molecule has 0 atom stereocenters. The maximum absolute atomic E-state index is 4.11. The van der Waals surface area contributed by atoms with E-state index in [1.165, 1.54) is 31.5 Å². The molecule has 17 heavy (non-hydrogen) atoms. The second-order valence-corrected chi connectivity index (χ2v) is 4.38. The van der Waals surface area contributed by atoms with Gasteiger partial charge in [0, 0.05) is 32.0 Å². The summed E-state index contributed by atoms with van der Waals surface area (Å²) in [5.41, 5.74) is 1.25. The van der Waals surface area contributed by atoms with E-state index in [4.69, 9.17) is 0 Å². The number of nitrogens with zero attached hydrogens (tertiary/aromatic N) is 2. The van der Waals surface area contributed by atoms with E-state index in [0.717, 1.165) is 19.6 Å². The molecule has 3 heteroatoms. The predicted molar refractivity (Wildman–Crippen MR) is 73.0 cm³/mol. The van der Waals surface area contributed by atoms with Crippen molar-refractivity contribution >= 4 is 0 Å². The molecule has 0 aliphatic carbocycles. The lowest BCUT2D eigenvalue weighted by atomic mass is 10.3. The number of aromatic nitrogens is 1. The summed E-state index contributed by atoms with van der Waals surface area (Å²) in [6.45, 7) is 10.0. The molecule has 0 bridgehead atoms. The van der Waals surface area contributed by atoms with E-state index in [-0.39, 0.29) is 0 Å². The van der Waals surface area contributed by atoms with Crippen molar-refractivity contribution in [1.82, 2.24) is 15.2 Å². The van der Waals surface area contributed by atoms with Crippen LogP contribution in [0.25, 0.3) is 0 Å². The Morgan fingerprint density at radius 3 is 2.53 bits per heavy atom. The van der Waals surface area contributed by atoms with Crippen LogP contribution in [0.5, 0.6) is 0 Å². The fraction of sp³-hybridized carbons (Fsp3) is 0.643. The highest BCUT2D eigenvalue weighted by Gasteiger charge is 2.01. The van der Waals surface area contributed by atoms with Crippen LogP contribution in [-0.2, 0) is 6.54 Å². The molecular formula is C14H25N3. The van der Waals surface area contributed by atoms with E-state index in [1.807, 2.05) is 18.5 Å². The van der Waals surface area contributed by atoms with Gasteiger partial charge in [-0.15, -0.1) is 0 Å². The number of pyridine rings is 1. The van der Waals surface area contributed by atoms with Gasteiger partial charge in [0.15, 0.2) is 0 Å². The molecule has 3 nitrogen and oxygen atoms in total. The van der Waals surface area contributed by atoms with Crippen LogP contribution in [-0.4, -0.2) is 36.1 Å². The van der Waals surface area contributed by atoms with E-state index in [9.17, 15) is 0 Å². The minimum absolute atomic E-state index is 0.917. The first-order valence-corrected chi connectivity index (χ1v) is 6.68. The van der Waals surface area contributed by atoms with Crippen LogP contribution in [0.3, 0.4) is 0 Å². The zero-order chi connectivity index (χ0) is 12.3. The minimum atomic E-state index is 0.917. The van der Waals surface area contributed by atoms with Gasteiger partial charge >= 0.3 is 0 Å². The molecule has 1 aromatic rings. The van der Waals surface area contributed by atoms with Crippen molar-refractivity contribution < 1.29 is 0 Å². The molecule has 0 aliphatic rings. The monoisotopic (exact) mass is 235 g/mol. The Bertz CT molecular complexity index is 268. The Hall–Kier alpha value is -0.930. The predicted octanol–water partition coefficient (Wildman–Crippen LogP) is 2.29. The SMILES string of the molecule is CCCN(CCC)CCNCc1cccnc1. The topological polar surface area (TPSA) is 28.2 Å². The molecular weight excluding hydrogens is 210 g/mol. The van der Waals surface area contributed by atoms with Crippen molar-refractivity contribution in [3.05, 3.63) is 30.1 Å². The number of hydrogen-bond donors (Lipinski definition) is 1. The van der Waals surface area contributed by atoms with Gasteiger partial charge < -0.3 is 10.2 Å². The first-order valence-electron chi connectivity index (χ1n) is 6.68. The highest BCUT2D eigenvalue weighted by Crippen LogP contribution is 1.95. The summed E-state index contributed by atoms with van der Waals surface area (Å²) in [4.78, 5) is 6.63. The zero-order valence-electron chi connectivity index (χ0n) is 11.2. The standard InChI is InChI=1S/C14H25N3/c1-3-9-17(10-4-2)11-8-16-13-14-6-5-7-15-12-14/h5-7,12,16H,3-4,8-11,13H2,1-2H3. The fourth-order valence-electron chi connectivity index (χ4n) is 1.94. The summed E-state index contributed by atoms with van der Waals surface area (Å²) in [6, 6.07) is 4.09. The van der Waals surface area contributed by atoms with Gasteiger partial charge in [0.25, 0.3) is 0 Å². The molecule has 0 aliphatic heterocycles. The molecule has 1 rings (SSSR count). The van der Waals surface area contributed by atoms with E-state index >= 15 is 0 Å². The van der Waals surface area contributed by atoms with Gasteiger partial charge in [-0.05, 0) is 37.6 Å². The van der Waals surface area contributed by atoms with Crippen LogP contribution in [0.4, 0.5) is 0 Å². The molecule has 0 spiro atoms. The second-order valence-electron chi connectivity index (χ2n) is 4.38. The maximum Gasteiger partial charge on any atom is 0.0312 e. The lowest BCUT2D eigenvalue weighted by Gasteiger charge is -2.20. The number of hydrogen-bond acceptors (Lipinski definition) is 3. The smallest absolute Gasteiger partial charge is 0.0312 e. The third-order valence-electron chi connectivity index (χ3n) is 2.74. The van der Waals surface area contributed by atoms with Crippen molar-refractivity contribution in [2.75, 3.05) is 26.2 Å². The van der Waals surface area contributed by atoms with Crippen molar-refractivity contribution in [3.63, 3.8) is 0 Å². The molecule has 96 valence electrons. The first kappa shape index (κ1) is 14.1. The Kier molecular flexibility index (Phi) is 7.60.